The van der Waals surface area contributed by atoms with E-state index in [1.165, 1.54) is 0 Å². The van der Waals surface area contributed by atoms with Crippen LogP contribution in [0.3, 0.4) is 0 Å². The maximum Gasteiger partial charge on any atom is 0.250 e. The molecule has 0 N–H and O–H groups in total. The van der Waals surface area contributed by atoms with Crippen LogP contribution < -0.4 is 13.6 Å². The summed E-state index contributed by atoms with van der Waals surface area (Å²) in [7, 11) is -4.27. The minimum atomic E-state index is -2.14. The van der Waals surface area contributed by atoms with Gasteiger partial charge in [0.05, 0.1) is 0 Å². The molecule has 3 nitrogen and oxygen atoms in total. The van der Waals surface area contributed by atoms with Crippen LogP contribution in [-0.2, 0) is 0 Å². The Labute approximate surface area is 333 Å². The molecule has 252 valence electrons. The second kappa shape index (κ2) is 14.7. The van der Waals surface area contributed by atoms with E-state index in [1.54, 1.807) is 0 Å². The van der Waals surface area contributed by atoms with Crippen molar-refractivity contribution in [1.82, 2.24) is 0 Å². The molecule has 0 radical (unpaired) electrons. The van der Waals surface area contributed by atoms with Crippen molar-refractivity contribution in [3.63, 3.8) is 0 Å². The average Bonchev–Trinajstić information content (AvgIpc) is 2.88. The van der Waals surface area contributed by atoms with E-state index in [0.717, 1.165) is 60.6 Å². The normalized spacial score (nSPS) is 12.7. The van der Waals surface area contributed by atoms with Crippen LogP contribution in [0.2, 0.25) is 36.3 Å². The summed E-state index contributed by atoms with van der Waals surface area (Å²) in [6, 6.07) is 20.5. The monoisotopic (exact) mass is 1050 g/mol. The van der Waals surface area contributed by atoms with Crippen molar-refractivity contribution in [1.29, 1.82) is 0 Å². The number of halogens is 6. The van der Waals surface area contributed by atoms with Crippen molar-refractivity contribution in [3.8, 4) is 45.3 Å². The average molecular weight is 1060 g/mol. The molecule has 0 aliphatic carbocycles. The van der Waals surface area contributed by atoms with E-state index in [0.29, 0.717) is 11.5 Å². The molecule has 11 heteroatoms. The van der Waals surface area contributed by atoms with Crippen molar-refractivity contribution in [2.75, 3.05) is 0 Å². The van der Waals surface area contributed by atoms with Crippen LogP contribution in [0.5, 0.6) is 23.0 Å². The highest BCUT2D eigenvalue weighted by Gasteiger charge is 2.40. The number of hydrogen-bond donors (Lipinski definition) is 0. The number of benzene rings is 4. The van der Waals surface area contributed by atoms with Crippen LogP contribution in [0, 0.1) is 0 Å². The van der Waals surface area contributed by atoms with Gasteiger partial charge in [-0.05, 0) is 84.8 Å². The van der Waals surface area contributed by atoms with E-state index in [1.807, 2.05) is 48.5 Å². The Morgan fingerprint density at radius 1 is 0.468 bits per heavy atom. The van der Waals surface area contributed by atoms with Gasteiger partial charge < -0.3 is 13.6 Å². The Kier molecular flexibility index (Phi) is 12.3. The van der Waals surface area contributed by atoms with Gasteiger partial charge in [-0.2, -0.15) is 0 Å². The smallest absolute Gasteiger partial charge is 0.250 e. The van der Waals surface area contributed by atoms with Crippen LogP contribution in [-0.4, -0.2) is 16.6 Å². The molecular formula is C36H40Br6O3Si2. The fraction of sp³-hybridized carbons (Fsp3) is 0.333. The zero-order valence-corrected chi connectivity index (χ0v) is 39.8. The van der Waals surface area contributed by atoms with Crippen molar-refractivity contribution in [2.45, 2.75) is 77.8 Å². The van der Waals surface area contributed by atoms with Crippen molar-refractivity contribution in [2.24, 2.45) is 0 Å². The summed E-state index contributed by atoms with van der Waals surface area (Å²) < 4.78 is 26.3. The van der Waals surface area contributed by atoms with Crippen LogP contribution in [0.25, 0.3) is 22.3 Å². The second-order valence-electron chi connectivity index (χ2n) is 14.6. The third-order valence-electron chi connectivity index (χ3n) is 9.04. The Bertz CT molecular complexity index is 1630. The molecule has 0 saturated heterocycles. The maximum atomic E-state index is 7.08. The van der Waals surface area contributed by atoms with Gasteiger partial charge in [0.1, 0.15) is 23.0 Å². The van der Waals surface area contributed by atoms with Gasteiger partial charge in [0.25, 0.3) is 0 Å². The first-order chi connectivity index (χ1) is 21.5. The largest absolute Gasteiger partial charge is 0.543 e. The van der Waals surface area contributed by atoms with Crippen LogP contribution in [0.1, 0.15) is 41.5 Å². The quantitative estimate of drug-likeness (QED) is 0.165. The predicted molar refractivity (Wildman–Crippen MR) is 226 cm³/mol. The summed E-state index contributed by atoms with van der Waals surface area (Å²) in [6.45, 7) is 22.5. The van der Waals surface area contributed by atoms with E-state index in [2.05, 4.69) is 175 Å². The highest BCUT2D eigenvalue weighted by atomic mass is 79.9. The summed E-state index contributed by atoms with van der Waals surface area (Å²) in [4.78, 5) is 0. The summed E-state index contributed by atoms with van der Waals surface area (Å²) in [5.74, 6) is 2.89. The molecule has 0 aliphatic rings. The summed E-state index contributed by atoms with van der Waals surface area (Å²) in [6.07, 6.45) is 0. The van der Waals surface area contributed by atoms with Gasteiger partial charge in [0.15, 0.2) is 0 Å². The minimum Gasteiger partial charge on any atom is -0.543 e. The number of rotatable bonds is 8. The van der Waals surface area contributed by atoms with Crippen LogP contribution in [0.15, 0.2) is 87.5 Å². The molecule has 4 rings (SSSR count). The molecule has 0 bridgehead atoms. The fourth-order valence-electron chi connectivity index (χ4n) is 4.33. The van der Waals surface area contributed by atoms with E-state index in [4.69, 9.17) is 13.6 Å². The fourth-order valence-corrected chi connectivity index (χ4v) is 11.7. The Morgan fingerprint density at radius 3 is 1.04 bits per heavy atom. The zero-order valence-electron chi connectivity index (χ0n) is 28.3. The molecule has 0 unspecified atom stereocenters. The standard InChI is InChI=1S/C36H40Br6O3Si2/c1-35(2,3)46(7,8)44-23-11-13-25(33-27(39)15-21(37)16-28(33)40)31(19-23)43-32-20-24(45-47(9,10)36(4,5)6)12-14-26(32)34-29(41)17-22(38)18-30(34)42/h11-20H,1-10H3. The summed E-state index contributed by atoms with van der Waals surface area (Å²) in [5.41, 5.74) is 3.77. The molecule has 0 spiro atoms. The molecular weight excluding hydrogens is 1020 g/mol. The van der Waals surface area contributed by atoms with Gasteiger partial charge in [-0.3, -0.25) is 0 Å². The van der Waals surface area contributed by atoms with Crippen molar-refractivity contribution < 1.29 is 13.6 Å². The number of ether oxygens (including phenoxy) is 1. The highest BCUT2D eigenvalue weighted by Crippen LogP contribution is 2.49. The molecule has 4 aromatic carbocycles. The number of hydrogen-bond acceptors (Lipinski definition) is 3. The SMILES string of the molecule is CC(C)(C)[Si](C)(C)Oc1ccc(-c2c(Br)cc(Br)cc2Br)c(Oc2cc(O[Si](C)(C)C(C)(C)C)ccc2-c2c(Br)cc(Br)cc2Br)c1. The second-order valence-corrected chi connectivity index (χ2v) is 29.3. The van der Waals surface area contributed by atoms with Gasteiger partial charge in [0.2, 0.25) is 16.6 Å². The summed E-state index contributed by atoms with van der Waals surface area (Å²) >= 11 is 22.5. The summed E-state index contributed by atoms with van der Waals surface area (Å²) in [5, 5.41) is 0.0698. The first-order valence-corrected chi connectivity index (χ1v) is 25.7. The zero-order chi connectivity index (χ0) is 35.3. The molecule has 0 saturated carbocycles. The Hall–Kier alpha value is -0.406. The lowest BCUT2D eigenvalue weighted by Gasteiger charge is -2.36. The lowest BCUT2D eigenvalue weighted by Crippen LogP contribution is -2.43. The Balaban J connectivity index is 1.99. The minimum absolute atomic E-state index is 0.0349. The Morgan fingerprint density at radius 2 is 0.766 bits per heavy atom. The third-order valence-corrected chi connectivity index (χ3v) is 21.2. The predicted octanol–water partition coefficient (Wildman–Crippen LogP) is 16.2. The molecule has 0 aliphatic heterocycles. The lowest BCUT2D eigenvalue weighted by molar-refractivity contribution is 0.461. The molecule has 0 atom stereocenters. The van der Waals surface area contributed by atoms with E-state index in [-0.39, 0.29) is 10.1 Å². The maximum absolute atomic E-state index is 7.08. The third kappa shape index (κ3) is 9.10. The van der Waals surface area contributed by atoms with Gasteiger partial charge in [-0.1, -0.05) is 137 Å². The lowest BCUT2D eigenvalue weighted by atomic mass is 10.0. The van der Waals surface area contributed by atoms with Gasteiger partial charge in [-0.15, -0.1) is 0 Å². The molecule has 0 heterocycles. The molecule has 47 heavy (non-hydrogen) atoms. The van der Waals surface area contributed by atoms with E-state index >= 15 is 0 Å². The molecule has 0 aromatic heterocycles. The molecule has 0 fully saturated rings. The topological polar surface area (TPSA) is 27.7 Å². The van der Waals surface area contributed by atoms with Gasteiger partial charge in [0, 0.05) is 61.2 Å². The van der Waals surface area contributed by atoms with Crippen LogP contribution in [0.4, 0.5) is 0 Å². The first-order valence-electron chi connectivity index (χ1n) is 15.1. The van der Waals surface area contributed by atoms with E-state index in [9.17, 15) is 0 Å². The van der Waals surface area contributed by atoms with Crippen molar-refractivity contribution in [3.05, 3.63) is 87.5 Å². The molecule has 0 amide bonds. The van der Waals surface area contributed by atoms with Crippen molar-refractivity contribution >= 4 is 112 Å². The molecule has 4 aromatic rings. The van der Waals surface area contributed by atoms with Crippen LogP contribution >= 0.6 is 95.6 Å². The van der Waals surface area contributed by atoms with Gasteiger partial charge >= 0.3 is 0 Å². The van der Waals surface area contributed by atoms with Gasteiger partial charge in [-0.25, -0.2) is 0 Å². The highest BCUT2D eigenvalue weighted by molar-refractivity contribution is 9.12. The van der Waals surface area contributed by atoms with E-state index < -0.39 is 16.6 Å². The first kappa shape index (κ1) is 39.4.